The normalized spacial score (nSPS) is 11.9. The molecule has 8 heteroatoms. The largest absolute Gasteiger partial charge is 0.478 e. The summed E-state index contributed by atoms with van der Waals surface area (Å²) >= 11 is 5.85. The van der Waals surface area contributed by atoms with Crippen LogP contribution in [-0.2, 0) is 10.2 Å². The van der Waals surface area contributed by atoms with E-state index in [0.717, 1.165) is 4.31 Å². The molecule has 1 rings (SSSR count). The molecule has 0 spiro atoms. The minimum Gasteiger partial charge on any atom is -0.478 e. The van der Waals surface area contributed by atoms with Crippen LogP contribution in [0.15, 0.2) is 18.2 Å². The van der Waals surface area contributed by atoms with Crippen molar-refractivity contribution >= 4 is 33.5 Å². The maximum atomic E-state index is 12.0. The fourth-order valence-corrected chi connectivity index (χ4v) is 2.74. The van der Waals surface area contributed by atoms with E-state index in [2.05, 4.69) is 4.72 Å². The van der Waals surface area contributed by atoms with Crippen LogP contribution in [0, 0.1) is 0 Å². The van der Waals surface area contributed by atoms with E-state index in [1.54, 1.807) is 13.8 Å². The number of halogens is 1. The minimum atomic E-state index is -3.86. The predicted octanol–water partition coefficient (Wildman–Crippen LogP) is 2.04. The summed E-state index contributed by atoms with van der Waals surface area (Å²) in [6.07, 6.45) is 0. The molecule has 0 aromatic heterocycles. The Morgan fingerprint density at radius 1 is 1.42 bits per heavy atom. The molecule has 0 atom stereocenters. The van der Waals surface area contributed by atoms with Gasteiger partial charge >= 0.3 is 16.2 Å². The van der Waals surface area contributed by atoms with Crippen LogP contribution in [-0.4, -0.2) is 36.9 Å². The van der Waals surface area contributed by atoms with E-state index >= 15 is 0 Å². The molecule has 0 aliphatic carbocycles. The third kappa shape index (κ3) is 3.59. The average molecular weight is 307 g/mol. The van der Waals surface area contributed by atoms with Gasteiger partial charge in [0.25, 0.3) is 0 Å². The zero-order valence-corrected chi connectivity index (χ0v) is 12.3. The predicted molar refractivity (Wildman–Crippen MR) is 73.9 cm³/mol. The SMILES string of the molecule is CC(C)N(C)S(=O)(=O)Nc1c(Cl)cccc1C(=O)O. The second-order valence-corrected chi connectivity index (χ2v) is 6.32. The summed E-state index contributed by atoms with van der Waals surface area (Å²) < 4.78 is 27.4. The Balaban J connectivity index is 3.23. The molecule has 106 valence electrons. The van der Waals surface area contributed by atoms with Gasteiger partial charge in [-0.15, -0.1) is 0 Å². The van der Waals surface area contributed by atoms with Gasteiger partial charge in [-0.05, 0) is 26.0 Å². The highest BCUT2D eigenvalue weighted by Crippen LogP contribution is 2.27. The van der Waals surface area contributed by atoms with Gasteiger partial charge in [0.15, 0.2) is 0 Å². The number of nitrogens with zero attached hydrogens (tertiary/aromatic N) is 1. The molecule has 2 N–H and O–H groups in total. The Kier molecular flexibility index (Phi) is 4.78. The fraction of sp³-hybridized carbons (Fsp3) is 0.364. The lowest BCUT2D eigenvalue weighted by atomic mass is 10.2. The van der Waals surface area contributed by atoms with Crippen molar-refractivity contribution in [2.24, 2.45) is 0 Å². The number of carboxylic acids is 1. The lowest BCUT2D eigenvalue weighted by Gasteiger charge is -2.22. The molecular weight excluding hydrogens is 292 g/mol. The van der Waals surface area contributed by atoms with Gasteiger partial charge in [0.05, 0.1) is 16.3 Å². The summed E-state index contributed by atoms with van der Waals surface area (Å²) in [5.74, 6) is -1.26. The maximum Gasteiger partial charge on any atom is 0.337 e. The monoisotopic (exact) mass is 306 g/mol. The molecule has 0 fully saturated rings. The Labute approximate surface area is 117 Å². The van der Waals surface area contributed by atoms with Crippen LogP contribution >= 0.6 is 11.6 Å². The molecule has 6 nitrogen and oxygen atoms in total. The highest BCUT2D eigenvalue weighted by molar-refractivity contribution is 7.90. The first kappa shape index (κ1) is 15.7. The molecule has 0 unspecified atom stereocenters. The third-order valence-corrected chi connectivity index (χ3v) is 4.54. The summed E-state index contributed by atoms with van der Waals surface area (Å²) in [7, 11) is -2.46. The first-order valence-corrected chi connectivity index (χ1v) is 7.26. The Morgan fingerprint density at radius 3 is 2.47 bits per heavy atom. The first-order chi connectivity index (χ1) is 8.66. The number of carbonyl (C=O) groups is 1. The number of anilines is 1. The minimum absolute atomic E-state index is 0.0284. The molecular formula is C11H15ClN2O4S. The fourth-order valence-electron chi connectivity index (χ4n) is 1.28. The van der Waals surface area contributed by atoms with Crippen molar-refractivity contribution < 1.29 is 18.3 Å². The molecule has 0 saturated heterocycles. The Morgan fingerprint density at radius 2 is 2.00 bits per heavy atom. The zero-order chi connectivity index (χ0) is 14.8. The van der Waals surface area contributed by atoms with Crippen molar-refractivity contribution in [3.05, 3.63) is 28.8 Å². The first-order valence-electron chi connectivity index (χ1n) is 5.44. The van der Waals surface area contributed by atoms with Crippen molar-refractivity contribution in [1.82, 2.24) is 4.31 Å². The standard InChI is InChI=1S/C11H15ClN2O4S/c1-7(2)14(3)19(17,18)13-10-8(11(15)16)5-4-6-9(10)12/h4-7,13H,1-3H3,(H,15,16). The molecule has 0 radical (unpaired) electrons. The van der Waals surface area contributed by atoms with Crippen molar-refractivity contribution in [2.45, 2.75) is 19.9 Å². The Hall–Kier alpha value is -1.31. The van der Waals surface area contributed by atoms with E-state index in [1.165, 1.54) is 25.2 Å². The molecule has 0 amide bonds. The molecule has 19 heavy (non-hydrogen) atoms. The highest BCUT2D eigenvalue weighted by Gasteiger charge is 2.24. The summed E-state index contributed by atoms with van der Waals surface area (Å²) in [6, 6.07) is 3.87. The number of aromatic carboxylic acids is 1. The van der Waals surface area contributed by atoms with Crippen molar-refractivity contribution in [2.75, 3.05) is 11.8 Å². The zero-order valence-electron chi connectivity index (χ0n) is 10.7. The van der Waals surface area contributed by atoms with Gasteiger partial charge in [-0.3, -0.25) is 4.72 Å². The maximum absolute atomic E-state index is 12.0. The third-order valence-electron chi connectivity index (χ3n) is 2.58. The van der Waals surface area contributed by atoms with Crippen LogP contribution < -0.4 is 4.72 Å². The van der Waals surface area contributed by atoms with Gasteiger partial charge in [-0.2, -0.15) is 12.7 Å². The molecule has 0 heterocycles. The number of carboxylic acid groups (broad SMARTS) is 1. The van der Waals surface area contributed by atoms with E-state index in [1.807, 2.05) is 0 Å². The van der Waals surface area contributed by atoms with Crippen LogP contribution in [0.1, 0.15) is 24.2 Å². The number of nitrogens with one attached hydrogen (secondary N) is 1. The summed E-state index contributed by atoms with van der Waals surface area (Å²) in [4.78, 5) is 11.1. The summed E-state index contributed by atoms with van der Waals surface area (Å²) in [5.41, 5.74) is -0.336. The lowest BCUT2D eigenvalue weighted by Crippen LogP contribution is -2.37. The highest BCUT2D eigenvalue weighted by atomic mass is 35.5. The van der Waals surface area contributed by atoms with Gasteiger partial charge < -0.3 is 5.11 Å². The number of para-hydroxylation sites is 1. The Bertz CT molecular complexity index is 586. The van der Waals surface area contributed by atoms with E-state index in [9.17, 15) is 13.2 Å². The molecule has 0 aliphatic heterocycles. The summed E-state index contributed by atoms with van der Waals surface area (Å²) in [6.45, 7) is 3.40. The van der Waals surface area contributed by atoms with Crippen molar-refractivity contribution in [3.8, 4) is 0 Å². The van der Waals surface area contributed by atoms with Gasteiger partial charge in [0.2, 0.25) is 0 Å². The van der Waals surface area contributed by atoms with E-state index in [0.29, 0.717) is 0 Å². The van der Waals surface area contributed by atoms with Crippen LogP contribution in [0.3, 0.4) is 0 Å². The van der Waals surface area contributed by atoms with Crippen molar-refractivity contribution in [3.63, 3.8) is 0 Å². The smallest absolute Gasteiger partial charge is 0.337 e. The van der Waals surface area contributed by atoms with E-state index in [4.69, 9.17) is 16.7 Å². The van der Waals surface area contributed by atoms with E-state index < -0.39 is 16.2 Å². The lowest BCUT2D eigenvalue weighted by molar-refractivity contribution is 0.0698. The van der Waals surface area contributed by atoms with Crippen molar-refractivity contribution in [1.29, 1.82) is 0 Å². The van der Waals surface area contributed by atoms with Gasteiger partial charge in [-0.25, -0.2) is 4.79 Å². The quantitative estimate of drug-likeness (QED) is 0.871. The molecule has 0 aliphatic rings. The van der Waals surface area contributed by atoms with Gasteiger partial charge in [0, 0.05) is 13.1 Å². The number of hydrogen-bond donors (Lipinski definition) is 2. The molecule has 0 bridgehead atoms. The van der Waals surface area contributed by atoms with Crippen LogP contribution in [0.25, 0.3) is 0 Å². The van der Waals surface area contributed by atoms with Crippen LogP contribution in [0.2, 0.25) is 5.02 Å². The molecule has 1 aromatic carbocycles. The summed E-state index contributed by atoms with van der Waals surface area (Å²) in [5, 5.41) is 9.06. The average Bonchev–Trinajstić information content (AvgIpc) is 2.30. The topological polar surface area (TPSA) is 86.7 Å². The van der Waals surface area contributed by atoms with E-state index in [-0.39, 0.29) is 22.3 Å². The number of hydrogen-bond acceptors (Lipinski definition) is 3. The molecule has 1 aromatic rings. The van der Waals surface area contributed by atoms with Gasteiger partial charge in [-0.1, -0.05) is 17.7 Å². The number of benzene rings is 1. The second kappa shape index (κ2) is 5.77. The van der Waals surface area contributed by atoms with Crippen LogP contribution in [0.4, 0.5) is 5.69 Å². The van der Waals surface area contributed by atoms with Crippen LogP contribution in [0.5, 0.6) is 0 Å². The molecule has 0 saturated carbocycles. The van der Waals surface area contributed by atoms with Gasteiger partial charge in [0.1, 0.15) is 0 Å². The number of rotatable bonds is 5. The second-order valence-electron chi connectivity index (χ2n) is 4.18.